The van der Waals surface area contributed by atoms with Crippen molar-refractivity contribution in [3.05, 3.63) is 78.4 Å². The lowest BCUT2D eigenvalue weighted by Crippen LogP contribution is -2.53. The van der Waals surface area contributed by atoms with Gasteiger partial charge in [0.1, 0.15) is 0 Å². The highest BCUT2D eigenvalue weighted by atomic mass is 28.3. The van der Waals surface area contributed by atoms with Crippen molar-refractivity contribution in [1.29, 1.82) is 0 Å². The van der Waals surface area contributed by atoms with Gasteiger partial charge in [-0.3, -0.25) is 9.59 Å². The molecule has 1 unspecified atom stereocenters. The second kappa shape index (κ2) is 8.62. The molecule has 1 atom stereocenters. The number of rotatable bonds is 6. The summed E-state index contributed by atoms with van der Waals surface area (Å²) in [6.07, 6.45) is 0. The zero-order valence-electron chi connectivity index (χ0n) is 17.2. The second-order valence-electron chi connectivity index (χ2n) is 7.66. The van der Waals surface area contributed by atoms with Gasteiger partial charge < -0.3 is 9.47 Å². The van der Waals surface area contributed by atoms with Crippen molar-refractivity contribution in [1.82, 2.24) is 0 Å². The van der Waals surface area contributed by atoms with Crippen LogP contribution in [0.3, 0.4) is 0 Å². The molecule has 4 nitrogen and oxygen atoms in total. The minimum Gasteiger partial charge on any atom is -0.468 e. The van der Waals surface area contributed by atoms with Gasteiger partial charge in [0.25, 0.3) is 0 Å². The molecule has 0 radical (unpaired) electrons. The normalized spacial score (nSPS) is 12.6. The predicted octanol–water partition coefficient (Wildman–Crippen LogP) is 4.04. The lowest BCUT2D eigenvalue weighted by molar-refractivity contribution is -0.159. The zero-order chi connectivity index (χ0) is 21.0. The van der Waals surface area contributed by atoms with Crippen LogP contribution in [0.2, 0.25) is 13.1 Å². The van der Waals surface area contributed by atoms with Gasteiger partial charge in [-0.2, -0.15) is 0 Å². The largest absolute Gasteiger partial charge is 0.468 e. The number of hydrogen-bond donors (Lipinski definition) is 0. The van der Waals surface area contributed by atoms with E-state index >= 15 is 0 Å². The van der Waals surface area contributed by atoms with E-state index in [1.54, 1.807) is 0 Å². The first-order valence-corrected chi connectivity index (χ1v) is 12.7. The van der Waals surface area contributed by atoms with Crippen LogP contribution >= 0.6 is 0 Å². The molecule has 3 aromatic carbocycles. The van der Waals surface area contributed by atoms with E-state index < -0.39 is 25.9 Å². The van der Waals surface area contributed by atoms with Crippen LogP contribution in [0.25, 0.3) is 10.8 Å². The van der Waals surface area contributed by atoms with Gasteiger partial charge in [-0.05, 0) is 16.3 Å². The van der Waals surface area contributed by atoms with Crippen molar-refractivity contribution in [3.8, 4) is 0 Å². The quantitative estimate of drug-likeness (QED) is 0.352. The molecule has 0 amide bonds. The molecule has 3 aromatic rings. The van der Waals surface area contributed by atoms with Crippen LogP contribution in [-0.2, 0) is 19.1 Å². The van der Waals surface area contributed by atoms with Crippen molar-refractivity contribution in [2.45, 2.75) is 18.6 Å². The van der Waals surface area contributed by atoms with E-state index in [1.165, 1.54) is 14.2 Å². The third-order valence-corrected chi connectivity index (χ3v) is 9.72. The van der Waals surface area contributed by atoms with Gasteiger partial charge in [-0.1, -0.05) is 91.1 Å². The zero-order valence-corrected chi connectivity index (χ0v) is 18.2. The molecule has 0 saturated heterocycles. The summed E-state index contributed by atoms with van der Waals surface area (Å²) in [4.78, 5) is 25.7. The van der Waals surface area contributed by atoms with E-state index in [4.69, 9.17) is 9.47 Å². The second-order valence-corrected chi connectivity index (χ2v) is 12.3. The first-order chi connectivity index (χ1) is 13.9. The fourth-order valence-corrected chi connectivity index (χ4v) is 7.72. The maximum Gasteiger partial charge on any atom is 0.320 e. The number of benzene rings is 3. The van der Waals surface area contributed by atoms with Gasteiger partial charge >= 0.3 is 11.9 Å². The van der Waals surface area contributed by atoms with Crippen LogP contribution in [0.4, 0.5) is 0 Å². The summed E-state index contributed by atoms with van der Waals surface area (Å²) in [6.45, 7) is 4.38. The summed E-state index contributed by atoms with van der Waals surface area (Å²) in [6, 6.07) is 24.2. The van der Waals surface area contributed by atoms with Crippen LogP contribution in [0.1, 0.15) is 11.1 Å². The Kier molecular flexibility index (Phi) is 6.18. The molecule has 150 valence electrons. The third-order valence-electron chi connectivity index (χ3n) is 5.70. The van der Waals surface area contributed by atoms with Crippen LogP contribution in [0.15, 0.2) is 72.8 Å². The molecule has 0 spiro atoms. The topological polar surface area (TPSA) is 52.6 Å². The molecule has 0 heterocycles. The van der Waals surface area contributed by atoms with E-state index in [2.05, 4.69) is 25.2 Å². The molecule has 0 aliphatic rings. The smallest absolute Gasteiger partial charge is 0.320 e. The Bertz CT molecular complexity index is 992. The molecule has 0 fully saturated rings. The molecule has 0 bridgehead atoms. The number of methoxy groups -OCH3 is 2. The van der Waals surface area contributed by atoms with Gasteiger partial charge in [-0.15, -0.1) is 0 Å². The Hall–Kier alpha value is -2.92. The molecule has 0 aliphatic heterocycles. The Balaban J connectivity index is 2.31. The number of ether oxygens (including phenoxy) is 2. The number of carbonyl (C=O) groups excluding carboxylic acids is 2. The Morgan fingerprint density at radius 1 is 0.759 bits per heavy atom. The number of fused-ring (bicyclic) bond motifs is 1. The molecular weight excluding hydrogens is 380 g/mol. The fourth-order valence-electron chi connectivity index (χ4n) is 4.18. The minimum absolute atomic E-state index is 0.351. The summed E-state index contributed by atoms with van der Waals surface area (Å²) in [5.74, 6) is -2.16. The average Bonchev–Trinajstić information content (AvgIpc) is 2.76. The Morgan fingerprint density at radius 2 is 1.31 bits per heavy atom. The Labute approximate surface area is 172 Å². The van der Waals surface area contributed by atoms with Crippen molar-refractivity contribution in [2.24, 2.45) is 5.92 Å². The molecule has 0 N–H and O–H groups in total. The lowest BCUT2D eigenvalue weighted by atomic mass is 9.94. The highest BCUT2D eigenvalue weighted by molar-refractivity contribution is 6.91. The summed E-state index contributed by atoms with van der Waals surface area (Å²) in [5.41, 5.74) is 0.625. The number of esters is 2. The molecule has 0 aliphatic carbocycles. The van der Waals surface area contributed by atoms with E-state index in [0.29, 0.717) is 0 Å². The minimum atomic E-state index is -2.39. The first-order valence-electron chi connectivity index (χ1n) is 9.60. The van der Waals surface area contributed by atoms with Gasteiger partial charge in [0.2, 0.25) is 0 Å². The molecule has 3 rings (SSSR count). The average molecular weight is 407 g/mol. The van der Waals surface area contributed by atoms with E-state index in [1.807, 2.05) is 60.7 Å². The van der Waals surface area contributed by atoms with Gasteiger partial charge in [0.15, 0.2) is 5.92 Å². The summed E-state index contributed by atoms with van der Waals surface area (Å²) < 4.78 is 10.1. The van der Waals surface area contributed by atoms with E-state index in [-0.39, 0.29) is 5.54 Å². The lowest BCUT2D eigenvalue weighted by Gasteiger charge is -2.37. The molecule has 5 heteroatoms. The van der Waals surface area contributed by atoms with E-state index in [9.17, 15) is 9.59 Å². The summed E-state index contributed by atoms with van der Waals surface area (Å²) in [5, 5.41) is 3.27. The van der Waals surface area contributed by atoms with Gasteiger partial charge in [-0.25, -0.2) is 0 Å². The standard InChI is InChI=1S/C24H26O4Si/c1-27-23(25)21(24(26)28-2)22(29(3,4)18-13-6-5-7-14-18)20-16-10-12-17-11-8-9-15-19(17)20/h5-16,21-22H,1-4H3. The SMILES string of the molecule is COC(=O)C(C(=O)OC)C(c1cccc2ccccc12)[Si](C)(C)c1ccccc1. The third kappa shape index (κ3) is 3.96. The first kappa shape index (κ1) is 20.8. The monoisotopic (exact) mass is 406 g/mol. The molecular formula is C24H26O4Si. The van der Waals surface area contributed by atoms with Crippen LogP contribution < -0.4 is 5.19 Å². The van der Waals surface area contributed by atoms with Crippen molar-refractivity contribution in [2.75, 3.05) is 14.2 Å². The number of hydrogen-bond acceptors (Lipinski definition) is 4. The summed E-state index contributed by atoms with van der Waals surface area (Å²) >= 11 is 0. The predicted molar refractivity (Wildman–Crippen MR) is 118 cm³/mol. The van der Waals surface area contributed by atoms with Crippen molar-refractivity contribution in [3.63, 3.8) is 0 Å². The highest BCUT2D eigenvalue weighted by Gasteiger charge is 2.48. The summed E-state index contributed by atoms with van der Waals surface area (Å²) in [7, 11) is 0.240. The van der Waals surface area contributed by atoms with Crippen LogP contribution in [0, 0.1) is 5.92 Å². The molecule has 29 heavy (non-hydrogen) atoms. The maximum absolute atomic E-state index is 12.8. The number of carbonyl (C=O) groups is 2. The fraction of sp³-hybridized carbons (Fsp3) is 0.250. The van der Waals surface area contributed by atoms with E-state index in [0.717, 1.165) is 21.5 Å². The maximum atomic E-state index is 12.8. The van der Waals surface area contributed by atoms with Gasteiger partial charge in [0, 0.05) is 5.54 Å². The van der Waals surface area contributed by atoms with Crippen molar-refractivity contribution < 1.29 is 19.1 Å². The highest BCUT2D eigenvalue weighted by Crippen LogP contribution is 2.39. The van der Waals surface area contributed by atoms with Gasteiger partial charge in [0.05, 0.1) is 22.3 Å². The Morgan fingerprint density at radius 3 is 1.93 bits per heavy atom. The molecule has 0 saturated carbocycles. The van der Waals surface area contributed by atoms with Crippen LogP contribution in [-0.4, -0.2) is 34.2 Å². The molecule has 0 aromatic heterocycles. The van der Waals surface area contributed by atoms with Crippen LogP contribution in [0.5, 0.6) is 0 Å². The van der Waals surface area contributed by atoms with Crippen molar-refractivity contribution >= 4 is 36.0 Å².